The summed E-state index contributed by atoms with van der Waals surface area (Å²) in [7, 11) is 3.77. The Bertz CT molecular complexity index is 1780. The Labute approximate surface area is 216 Å². The van der Waals surface area contributed by atoms with E-state index in [-0.39, 0.29) is 34.5 Å². The van der Waals surface area contributed by atoms with E-state index in [1.54, 1.807) is 24.3 Å². The van der Waals surface area contributed by atoms with Crippen molar-refractivity contribution in [2.45, 2.75) is 12.3 Å². The van der Waals surface area contributed by atoms with Gasteiger partial charge in [0.2, 0.25) is 5.43 Å². The van der Waals surface area contributed by atoms with Gasteiger partial charge in [0, 0.05) is 47.6 Å². The van der Waals surface area contributed by atoms with Crippen molar-refractivity contribution in [3.05, 3.63) is 93.3 Å². The molecule has 37 heavy (non-hydrogen) atoms. The minimum Gasteiger partial charge on any atom is -0.507 e. The first kappa shape index (κ1) is 23.1. The maximum absolute atomic E-state index is 13.6. The van der Waals surface area contributed by atoms with Crippen LogP contribution in [0.2, 0.25) is 5.02 Å². The fourth-order valence-electron chi connectivity index (χ4n) is 4.96. The van der Waals surface area contributed by atoms with Crippen LogP contribution in [0.5, 0.6) is 11.5 Å². The van der Waals surface area contributed by atoms with E-state index in [4.69, 9.17) is 25.7 Å². The summed E-state index contributed by atoms with van der Waals surface area (Å²) in [5.74, 6) is -0.443. The molecule has 2 aromatic heterocycles. The molecule has 0 bridgehead atoms. The van der Waals surface area contributed by atoms with Gasteiger partial charge in [-0.3, -0.25) is 9.59 Å². The summed E-state index contributed by atoms with van der Waals surface area (Å²) in [5.41, 5.74) is 2.80. The SMILES string of the molecule is CN(C)c1nc2ccccc2cc1[C@H]1CC(=O)Oc2cc(O)c3c(=O)c(-c4ccc(Cl)cc4)coc3c21. The lowest BCUT2D eigenvalue weighted by Gasteiger charge is -2.28. The summed E-state index contributed by atoms with van der Waals surface area (Å²) in [6.07, 6.45) is 1.39. The number of hydrogen-bond donors (Lipinski definition) is 1. The Hall–Kier alpha value is -4.36. The highest BCUT2D eigenvalue weighted by Gasteiger charge is 2.35. The predicted molar refractivity (Wildman–Crippen MR) is 143 cm³/mol. The third-order valence-electron chi connectivity index (χ3n) is 6.66. The van der Waals surface area contributed by atoms with Crippen molar-refractivity contribution >= 4 is 45.3 Å². The van der Waals surface area contributed by atoms with E-state index in [9.17, 15) is 14.7 Å². The van der Waals surface area contributed by atoms with Crippen LogP contribution in [-0.4, -0.2) is 30.2 Å². The molecule has 184 valence electrons. The summed E-state index contributed by atoms with van der Waals surface area (Å²) < 4.78 is 11.6. The molecule has 0 radical (unpaired) electrons. The maximum Gasteiger partial charge on any atom is 0.312 e. The number of carbonyl (C=O) groups excluding carboxylic acids is 1. The van der Waals surface area contributed by atoms with Crippen LogP contribution in [0, 0.1) is 0 Å². The highest BCUT2D eigenvalue weighted by atomic mass is 35.5. The highest BCUT2D eigenvalue weighted by Crippen LogP contribution is 2.47. The third kappa shape index (κ3) is 3.79. The molecule has 5 aromatic rings. The van der Waals surface area contributed by atoms with Gasteiger partial charge >= 0.3 is 5.97 Å². The van der Waals surface area contributed by atoms with Gasteiger partial charge in [0.15, 0.2) is 0 Å². The van der Waals surface area contributed by atoms with Gasteiger partial charge in [0.25, 0.3) is 0 Å². The van der Waals surface area contributed by atoms with E-state index in [1.165, 1.54) is 12.3 Å². The van der Waals surface area contributed by atoms with Gasteiger partial charge in [-0.15, -0.1) is 0 Å². The van der Waals surface area contributed by atoms with Crippen LogP contribution in [0.4, 0.5) is 5.82 Å². The Morgan fingerprint density at radius 2 is 1.81 bits per heavy atom. The zero-order valence-electron chi connectivity index (χ0n) is 20.0. The number of rotatable bonds is 3. The average molecular weight is 513 g/mol. The number of halogens is 1. The van der Waals surface area contributed by atoms with E-state index in [0.717, 1.165) is 16.5 Å². The van der Waals surface area contributed by atoms with Gasteiger partial charge in [0.05, 0.1) is 17.5 Å². The molecule has 1 atom stereocenters. The molecule has 1 aliphatic heterocycles. The van der Waals surface area contributed by atoms with E-state index >= 15 is 0 Å². The van der Waals surface area contributed by atoms with Gasteiger partial charge in [0.1, 0.15) is 34.5 Å². The lowest BCUT2D eigenvalue weighted by molar-refractivity contribution is -0.135. The third-order valence-corrected chi connectivity index (χ3v) is 6.91. The number of pyridine rings is 1. The number of phenols is 1. The van der Waals surface area contributed by atoms with Gasteiger partial charge in [-0.05, 0) is 29.8 Å². The molecule has 0 spiro atoms. The van der Waals surface area contributed by atoms with E-state index in [2.05, 4.69) is 0 Å². The first-order chi connectivity index (χ1) is 17.8. The molecule has 0 unspecified atom stereocenters. The van der Waals surface area contributed by atoms with E-state index < -0.39 is 17.3 Å². The van der Waals surface area contributed by atoms with Crippen LogP contribution in [0.25, 0.3) is 33.0 Å². The van der Waals surface area contributed by atoms with Crippen molar-refractivity contribution in [2.24, 2.45) is 0 Å². The second-order valence-electron chi connectivity index (χ2n) is 9.22. The summed E-state index contributed by atoms with van der Waals surface area (Å²) in [4.78, 5) is 33.0. The van der Waals surface area contributed by atoms with Gasteiger partial charge < -0.3 is 19.2 Å². The summed E-state index contributed by atoms with van der Waals surface area (Å²) in [5, 5.41) is 12.3. The van der Waals surface area contributed by atoms with Crippen LogP contribution in [-0.2, 0) is 4.79 Å². The fourth-order valence-corrected chi connectivity index (χ4v) is 5.09. The smallest absolute Gasteiger partial charge is 0.312 e. The zero-order valence-corrected chi connectivity index (χ0v) is 20.7. The first-order valence-corrected chi connectivity index (χ1v) is 12.0. The molecule has 3 aromatic carbocycles. The molecule has 6 rings (SSSR count). The highest BCUT2D eigenvalue weighted by molar-refractivity contribution is 6.30. The van der Waals surface area contributed by atoms with Crippen LogP contribution in [0.15, 0.2) is 76.1 Å². The van der Waals surface area contributed by atoms with Crippen molar-refractivity contribution in [2.75, 3.05) is 19.0 Å². The number of anilines is 1. The number of carbonyl (C=O) groups is 1. The number of esters is 1. The van der Waals surface area contributed by atoms with E-state index in [1.807, 2.05) is 49.3 Å². The number of phenolic OH excluding ortho intramolecular Hbond substituents is 1. The summed E-state index contributed by atoms with van der Waals surface area (Å²) in [6, 6.07) is 17.8. The van der Waals surface area contributed by atoms with Crippen LogP contribution in [0.1, 0.15) is 23.5 Å². The molecule has 1 aliphatic rings. The van der Waals surface area contributed by atoms with Gasteiger partial charge in [-0.2, -0.15) is 0 Å². The molecule has 8 heteroatoms. The molecule has 0 saturated heterocycles. The van der Waals surface area contributed by atoms with Crippen molar-refractivity contribution in [3.8, 4) is 22.6 Å². The maximum atomic E-state index is 13.6. The molecule has 1 N–H and O–H groups in total. The average Bonchev–Trinajstić information content (AvgIpc) is 2.88. The lowest BCUT2D eigenvalue weighted by Crippen LogP contribution is -2.24. The second-order valence-corrected chi connectivity index (χ2v) is 9.65. The Kier molecular flexibility index (Phi) is 5.38. The molecular weight excluding hydrogens is 492 g/mol. The van der Waals surface area contributed by atoms with Crippen LogP contribution >= 0.6 is 11.6 Å². The van der Waals surface area contributed by atoms with Crippen molar-refractivity contribution in [1.29, 1.82) is 0 Å². The monoisotopic (exact) mass is 512 g/mol. The number of fused-ring (bicyclic) bond motifs is 4. The second kappa shape index (κ2) is 8.64. The molecular formula is C29H21ClN2O5. The largest absolute Gasteiger partial charge is 0.507 e. The summed E-state index contributed by atoms with van der Waals surface area (Å²) in [6.45, 7) is 0. The molecule has 0 fully saturated rings. The first-order valence-electron chi connectivity index (χ1n) is 11.7. The standard InChI is InChI=1S/C29H21ClN2O5/c1-32(2)29-19(11-16-5-3-4-6-21(16)31-29)18-12-24(34)37-23-13-22(33)26-27(35)20(14-36-28(26)25(18)23)15-7-9-17(30)10-8-15/h3-11,13-14,18,33H,12H2,1-2H3/t18-/m1/s1. The Morgan fingerprint density at radius 3 is 2.57 bits per heavy atom. The number of ether oxygens (including phenoxy) is 1. The number of para-hydroxylation sites is 1. The number of aromatic hydroxyl groups is 1. The van der Waals surface area contributed by atoms with Crippen molar-refractivity contribution in [1.82, 2.24) is 4.98 Å². The zero-order chi connectivity index (χ0) is 25.8. The number of benzene rings is 3. The topological polar surface area (TPSA) is 92.9 Å². The molecule has 0 amide bonds. The van der Waals surface area contributed by atoms with E-state index in [0.29, 0.717) is 22.0 Å². The molecule has 0 saturated carbocycles. The van der Waals surface area contributed by atoms with Gasteiger partial charge in [-0.1, -0.05) is 41.9 Å². The molecule has 3 heterocycles. The normalized spacial score (nSPS) is 15.0. The van der Waals surface area contributed by atoms with Crippen LogP contribution in [0.3, 0.4) is 0 Å². The summed E-state index contributed by atoms with van der Waals surface area (Å²) >= 11 is 6.00. The van der Waals surface area contributed by atoms with Gasteiger partial charge in [-0.25, -0.2) is 4.98 Å². The van der Waals surface area contributed by atoms with Crippen molar-refractivity contribution in [3.63, 3.8) is 0 Å². The fraction of sp³-hybridized carbons (Fsp3) is 0.138. The lowest BCUT2D eigenvalue weighted by atomic mass is 9.84. The number of hydrogen-bond acceptors (Lipinski definition) is 7. The minimum absolute atomic E-state index is 0.0225. The Morgan fingerprint density at radius 1 is 1.05 bits per heavy atom. The van der Waals surface area contributed by atoms with Crippen molar-refractivity contribution < 1.29 is 19.1 Å². The Balaban J connectivity index is 1.63. The van der Waals surface area contributed by atoms with Crippen LogP contribution < -0.4 is 15.1 Å². The predicted octanol–water partition coefficient (Wildman–Crippen LogP) is 5.87. The minimum atomic E-state index is -0.515. The molecule has 7 nitrogen and oxygen atoms in total. The number of aromatic nitrogens is 1. The molecule has 0 aliphatic carbocycles. The number of nitrogens with zero attached hydrogens (tertiary/aromatic N) is 2. The quantitative estimate of drug-likeness (QED) is 0.238.